The van der Waals surface area contributed by atoms with E-state index in [1.54, 1.807) is 27.7 Å². The number of halogens is 1. The third kappa shape index (κ3) is 4.76. The van der Waals surface area contributed by atoms with Crippen LogP contribution in [0.25, 0.3) is 0 Å². The Morgan fingerprint density at radius 3 is 2.25 bits per heavy atom. The first-order chi connectivity index (χ1) is 12.9. The zero-order chi connectivity index (χ0) is 21.2. The van der Waals surface area contributed by atoms with E-state index in [1.807, 2.05) is 0 Å². The second-order valence-electron chi connectivity index (χ2n) is 8.01. The molecule has 1 aromatic carbocycles. The van der Waals surface area contributed by atoms with Gasteiger partial charge in [0.1, 0.15) is 11.7 Å². The number of aliphatic hydroxyl groups is 1. The van der Waals surface area contributed by atoms with E-state index in [2.05, 4.69) is 0 Å². The van der Waals surface area contributed by atoms with E-state index in [0.29, 0.717) is 0 Å². The Kier molecular flexibility index (Phi) is 6.59. The number of esters is 2. The number of hydrogen-bond donors (Lipinski definition) is 1. The number of carbonyl (C=O) groups excluding carboxylic acids is 3. The van der Waals surface area contributed by atoms with Crippen LogP contribution in [0.1, 0.15) is 52.5 Å². The van der Waals surface area contributed by atoms with Gasteiger partial charge in [-0.25, -0.2) is 4.39 Å². The Bertz CT molecular complexity index is 747. The van der Waals surface area contributed by atoms with Crippen LogP contribution in [-0.2, 0) is 23.9 Å². The monoisotopic (exact) mass is 394 g/mol. The van der Waals surface area contributed by atoms with Crippen molar-refractivity contribution in [2.75, 3.05) is 0 Å². The molecule has 0 spiro atoms. The van der Waals surface area contributed by atoms with Gasteiger partial charge in [0.2, 0.25) is 0 Å². The molecule has 0 aliphatic heterocycles. The van der Waals surface area contributed by atoms with Gasteiger partial charge in [0.25, 0.3) is 0 Å². The Labute approximate surface area is 164 Å². The first-order valence-corrected chi connectivity index (χ1v) is 9.35. The lowest BCUT2D eigenvalue weighted by Crippen LogP contribution is -2.55. The molecule has 0 heterocycles. The van der Waals surface area contributed by atoms with Gasteiger partial charge in [0.15, 0.2) is 5.78 Å². The maximum absolute atomic E-state index is 13.9. The minimum Gasteiger partial charge on any atom is -0.463 e. The number of ketones is 1. The number of benzene rings is 1. The van der Waals surface area contributed by atoms with Crippen molar-refractivity contribution in [2.24, 2.45) is 11.8 Å². The zero-order valence-electron chi connectivity index (χ0n) is 16.8. The third-order valence-electron chi connectivity index (χ3n) is 4.71. The minimum absolute atomic E-state index is 0.254. The van der Waals surface area contributed by atoms with Crippen molar-refractivity contribution in [1.82, 2.24) is 0 Å². The molecule has 2 rings (SSSR count). The fourth-order valence-corrected chi connectivity index (χ4v) is 3.74. The molecule has 0 radical (unpaired) electrons. The highest BCUT2D eigenvalue weighted by molar-refractivity contribution is 6.02. The minimum atomic E-state index is -1.76. The molecule has 1 aromatic rings. The summed E-state index contributed by atoms with van der Waals surface area (Å²) < 4.78 is 24.4. The van der Waals surface area contributed by atoms with Crippen LogP contribution in [0.4, 0.5) is 4.39 Å². The zero-order valence-corrected chi connectivity index (χ0v) is 16.8. The predicted molar refractivity (Wildman–Crippen MR) is 98.8 cm³/mol. The van der Waals surface area contributed by atoms with Gasteiger partial charge < -0.3 is 14.6 Å². The van der Waals surface area contributed by atoms with Crippen LogP contribution in [0.3, 0.4) is 0 Å². The summed E-state index contributed by atoms with van der Waals surface area (Å²) >= 11 is 0. The smallest absolute Gasteiger partial charge is 0.317 e. The van der Waals surface area contributed by atoms with Crippen molar-refractivity contribution in [1.29, 1.82) is 0 Å². The molecule has 1 fully saturated rings. The normalized spacial score (nSPS) is 27.8. The van der Waals surface area contributed by atoms with Crippen molar-refractivity contribution in [3.05, 3.63) is 35.6 Å². The lowest BCUT2D eigenvalue weighted by Gasteiger charge is -2.44. The molecule has 0 aromatic heterocycles. The van der Waals surface area contributed by atoms with Crippen LogP contribution < -0.4 is 0 Å². The SMILES string of the molecule is CC(C)OC(=O)[C@@H]1C(=O)C[C@](C)(O)[C@@H](C(=O)OC(C)C)[C@@H]1c1cccc(F)c1. The average molecular weight is 394 g/mol. The van der Waals surface area contributed by atoms with E-state index in [9.17, 15) is 23.9 Å². The largest absolute Gasteiger partial charge is 0.463 e. The standard InChI is InChI=1S/C21H27FO6/c1-11(2)27-19(24)17-15(23)10-21(5,26)18(20(25)28-12(3)4)16(17)13-7-6-8-14(22)9-13/h6-9,11-12,16-18,26H,10H2,1-5H3/t16-,17-,18-,21+/m1/s1. The van der Waals surface area contributed by atoms with E-state index in [1.165, 1.54) is 25.1 Å². The van der Waals surface area contributed by atoms with Crippen molar-refractivity contribution >= 4 is 17.7 Å². The van der Waals surface area contributed by atoms with Gasteiger partial charge in [-0.2, -0.15) is 0 Å². The molecule has 4 atom stereocenters. The van der Waals surface area contributed by atoms with Crippen LogP contribution in [0, 0.1) is 17.7 Å². The molecular weight excluding hydrogens is 367 g/mol. The Morgan fingerprint density at radius 1 is 1.14 bits per heavy atom. The highest BCUT2D eigenvalue weighted by Crippen LogP contribution is 2.47. The van der Waals surface area contributed by atoms with Gasteiger partial charge in [-0.05, 0) is 52.3 Å². The second kappa shape index (κ2) is 8.39. The fourth-order valence-electron chi connectivity index (χ4n) is 3.74. The summed E-state index contributed by atoms with van der Waals surface area (Å²) in [4.78, 5) is 38.4. The molecule has 0 saturated heterocycles. The van der Waals surface area contributed by atoms with Gasteiger partial charge in [0, 0.05) is 12.3 Å². The summed E-state index contributed by atoms with van der Waals surface area (Å²) in [6.45, 7) is 7.95. The van der Waals surface area contributed by atoms with Gasteiger partial charge in [-0.3, -0.25) is 14.4 Å². The molecule has 154 valence electrons. The number of carbonyl (C=O) groups is 3. The van der Waals surface area contributed by atoms with E-state index in [4.69, 9.17) is 9.47 Å². The quantitative estimate of drug-likeness (QED) is 0.610. The molecule has 1 N–H and O–H groups in total. The Morgan fingerprint density at radius 2 is 1.71 bits per heavy atom. The number of hydrogen-bond acceptors (Lipinski definition) is 6. The van der Waals surface area contributed by atoms with Crippen LogP contribution in [0.2, 0.25) is 0 Å². The topological polar surface area (TPSA) is 89.9 Å². The van der Waals surface area contributed by atoms with E-state index in [0.717, 1.165) is 6.07 Å². The Balaban J connectivity index is 2.61. The van der Waals surface area contributed by atoms with Crippen molar-refractivity contribution in [3.8, 4) is 0 Å². The maximum Gasteiger partial charge on any atom is 0.317 e. The highest BCUT2D eigenvalue weighted by atomic mass is 19.1. The second-order valence-corrected chi connectivity index (χ2v) is 8.01. The molecule has 1 saturated carbocycles. The highest BCUT2D eigenvalue weighted by Gasteiger charge is 2.57. The Hall–Kier alpha value is -2.28. The summed E-state index contributed by atoms with van der Waals surface area (Å²) in [5, 5.41) is 10.9. The van der Waals surface area contributed by atoms with Gasteiger partial charge in [-0.15, -0.1) is 0 Å². The van der Waals surface area contributed by atoms with Gasteiger partial charge >= 0.3 is 11.9 Å². The number of ether oxygens (including phenoxy) is 2. The van der Waals surface area contributed by atoms with Crippen LogP contribution in [0.15, 0.2) is 24.3 Å². The third-order valence-corrected chi connectivity index (χ3v) is 4.71. The summed E-state index contributed by atoms with van der Waals surface area (Å²) in [6, 6.07) is 5.32. The van der Waals surface area contributed by atoms with Gasteiger partial charge in [0.05, 0.1) is 23.7 Å². The van der Waals surface area contributed by atoms with E-state index < -0.39 is 65.5 Å². The summed E-state index contributed by atoms with van der Waals surface area (Å²) in [5.41, 5.74) is -1.50. The molecular formula is C21H27FO6. The van der Waals surface area contributed by atoms with Crippen LogP contribution >= 0.6 is 0 Å². The van der Waals surface area contributed by atoms with Crippen molar-refractivity contribution < 1.29 is 33.4 Å². The lowest BCUT2D eigenvalue weighted by atomic mass is 9.61. The lowest BCUT2D eigenvalue weighted by molar-refractivity contribution is -0.176. The number of Topliss-reactive ketones (excluding diaryl/α,β-unsaturated/α-hetero) is 1. The predicted octanol–water partition coefficient (Wildman–Crippen LogP) is 2.77. The van der Waals surface area contributed by atoms with E-state index >= 15 is 0 Å². The summed E-state index contributed by atoms with van der Waals surface area (Å²) in [6.07, 6.45) is -1.35. The van der Waals surface area contributed by atoms with Crippen molar-refractivity contribution in [3.63, 3.8) is 0 Å². The fraction of sp³-hybridized carbons (Fsp3) is 0.571. The molecule has 0 bridgehead atoms. The van der Waals surface area contributed by atoms with Crippen molar-refractivity contribution in [2.45, 2.75) is 64.8 Å². The molecule has 28 heavy (non-hydrogen) atoms. The van der Waals surface area contributed by atoms with E-state index in [-0.39, 0.29) is 5.56 Å². The molecule has 1 aliphatic carbocycles. The molecule has 0 unspecified atom stereocenters. The molecule has 7 heteroatoms. The maximum atomic E-state index is 13.9. The van der Waals surface area contributed by atoms with Crippen LogP contribution in [0.5, 0.6) is 0 Å². The molecule has 6 nitrogen and oxygen atoms in total. The molecule has 1 aliphatic rings. The molecule has 0 amide bonds. The first-order valence-electron chi connectivity index (χ1n) is 9.35. The van der Waals surface area contributed by atoms with Crippen LogP contribution in [-0.4, -0.2) is 40.6 Å². The summed E-state index contributed by atoms with van der Waals surface area (Å²) in [5.74, 6) is -6.37. The number of rotatable bonds is 5. The summed E-state index contributed by atoms with van der Waals surface area (Å²) in [7, 11) is 0. The average Bonchev–Trinajstić information content (AvgIpc) is 2.51. The first kappa shape index (κ1) is 22.0. The van der Waals surface area contributed by atoms with Gasteiger partial charge in [-0.1, -0.05) is 12.1 Å².